The third-order valence-corrected chi connectivity index (χ3v) is 3.33. The predicted octanol–water partition coefficient (Wildman–Crippen LogP) is 2.61. The molecule has 1 amide bonds. The summed E-state index contributed by atoms with van der Waals surface area (Å²) in [5, 5.41) is 12.4. The topological polar surface area (TPSA) is 71.7 Å². The van der Waals surface area contributed by atoms with Crippen molar-refractivity contribution in [3.05, 3.63) is 54.0 Å². The van der Waals surface area contributed by atoms with E-state index in [1.54, 1.807) is 6.07 Å². The Balaban J connectivity index is 1.92. The maximum absolute atomic E-state index is 12.1. The maximum atomic E-state index is 12.1. The van der Waals surface area contributed by atoms with Gasteiger partial charge < -0.3 is 19.6 Å². The Kier molecular flexibility index (Phi) is 5.61. The molecule has 118 valence electrons. The first-order chi connectivity index (χ1) is 10.6. The Morgan fingerprint density at radius 2 is 2.00 bits per heavy atom. The van der Waals surface area contributed by atoms with Crippen molar-refractivity contribution in [3.63, 3.8) is 0 Å². The van der Waals surface area contributed by atoms with Crippen LogP contribution in [0.3, 0.4) is 0 Å². The van der Waals surface area contributed by atoms with Gasteiger partial charge in [0.15, 0.2) is 5.76 Å². The highest BCUT2D eigenvalue weighted by atomic mass is 16.5. The minimum atomic E-state index is -0.581. The number of benzene rings is 1. The number of para-hydroxylation sites is 1. The molecule has 0 bridgehead atoms. The second-order valence-corrected chi connectivity index (χ2v) is 5.40. The van der Waals surface area contributed by atoms with E-state index in [4.69, 9.17) is 9.15 Å². The van der Waals surface area contributed by atoms with Gasteiger partial charge in [-0.05, 0) is 24.1 Å². The number of hydrogen-bond acceptors (Lipinski definition) is 4. The molecule has 0 radical (unpaired) electrons. The van der Waals surface area contributed by atoms with Crippen LogP contribution in [-0.4, -0.2) is 23.7 Å². The number of rotatable bonds is 7. The van der Waals surface area contributed by atoms with Crippen molar-refractivity contribution >= 4 is 5.91 Å². The van der Waals surface area contributed by atoms with Crippen molar-refractivity contribution in [1.29, 1.82) is 0 Å². The zero-order valence-corrected chi connectivity index (χ0v) is 12.8. The summed E-state index contributed by atoms with van der Waals surface area (Å²) < 4.78 is 10.8. The third-order valence-electron chi connectivity index (χ3n) is 3.33. The van der Waals surface area contributed by atoms with Crippen molar-refractivity contribution in [2.24, 2.45) is 5.92 Å². The number of furan rings is 1. The SMILES string of the molecule is CC(C)C(O)CNC(=O)c1occc1COc1ccccc1. The lowest BCUT2D eigenvalue weighted by Crippen LogP contribution is -2.34. The van der Waals surface area contributed by atoms with Gasteiger partial charge in [-0.2, -0.15) is 0 Å². The maximum Gasteiger partial charge on any atom is 0.287 e. The molecule has 1 heterocycles. The van der Waals surface area contributed by atoms with Gasteiger partial charge in [0.05, 0.1) is 12.4 Å². The molecular formula is C17H21NO4. The Morgan fingerprint density at radius 1 is 1.27 bits per heavy atom. The summed E-state index contributed by atoms with van der Waals surface area (Å²) in [4.78, 5) is 12.1. The highest BCUT2D eigenvalue weighted by molar-refractivity contribution is 5.92. The zero-order chi connectivity index (χ0) is 15.9. The molecule has 2 rings (SSSR count). The van der Waals surface area contributed by atoms with Gasteiger partial charge >= 0.3 is 0 Å². The Hall–Kier alpha value is -2.27. The average Bonchev–Trinajstić information content (AvgIpc) is 2.99. The van der Waals surface area contributed by atoms with Gasteiger partial charge in [-0.25, -0.2) is 0 Å². The van der Waals surface area contributed by atoms with Crippen LogP contribution in [0.2, 0.25) is 0 Å². The summed E-state index contributed by atoms with van der Waals surface area (Å²) >= 11 is 0. The highest BCUT2D eigenvalue weighted by Gasteiger charge is 2.17. The van der Waals surface area contributed by atoms with E-state index in [9.17, 15) is 9.90 Å². The average molecular weight is 303 g/mol. The van der Waals surface area contributed by atoms with Crippen LogP contribution in [0, 0.1) is 5.92 Å². The molecule has 5 heteroatoms. The first-order valence-corrected chi connectivity index (χ1v) is 7.28. The third kappa shape index (κ3) is 4.36. The van der Waals surface area contributed by atoms with Crippen molar-refractivity contribution < 1.29 is 19.1 Å². The molecule has 1 aromatic carbocycles. The van der Waals surface area contributed by atoms with E-state index in [2.05, 4.69) is 5.32 Å². The van der Waals surface area contributed by atoms with E-state index < -0.39 is 6.10 Å². The number of hydrogen-bond donors (Lipinski definition) is 2. The molecule has 0 aliphatic carbocycles. The molecule has 22 heavy (non-hydrogen) atoms. The first-order valence-electron chi connectivity index (χ1n) is 7.28. The molecule has 5 nitrogen and oxygen atoms in total. The van der Waals surface area contributed by atoms with Gasteiger partial charge in [-0.15, -0.1) is 0 Å². The normalized spacial score (nSPS) is 12.2. The molecule has 1 atom stereocenters. The number of carbonyl (C=O) groups is 1. The van der Waals surface area contributed by atoms with Crippen LogP contribution in [0.1, 0.15) is 30.0 Å². The molecule has 1 aromatic heterocycles. The molecule has 0 spiro atoms. The van der Waals surface area contributed by atoms with Gasteiger partial charge in [-0.1, -0.05) is 32.0 Å². The lowest BCUT2D eigenvalue weighted by Gasteiger charge is -2.14. The molecule has 0 saturated heterocycles. The van der Waals surface area contributed by atoms with E-state index >= 15 is 0 Å². The number of aliphatic hydroxyl groups excluding tert-OH is 1. The Bertz CT molecular complexity index is 592. The molecule has 2 aromatic rings. The quantitative estimate of drug-likeness (QED) is 0.824. The largest absolute Gasteiger partial charge is 0.489 e. The summed E-state index contributed by atoms with van der Waals surface area (Å²) in [5.74, 6) is 0.673. The predicted molar refractivity (Wildman–Crippen MR) is 82.7 cm³/mol. The van der Waals surface area contributed by atoms with Crippen LogP contribution in [0.25, 0.3) is 0 Å². The van der Waals surface area contributed by atoms with Crippen molar-refractivity contribution in [2.45, 2.75) is 26.6 Å². The first kappa shape index (κ1) is 16.1. The standard InChI is InChI=1S/C17H21NO4/c1-12(2)15(19)10-18-17(20)16-13(8-9-21-16)11-22-14-6-4-3-5-7-14/h3-9,12,15,19H,10-11H2,1-2H3,(H,18,20). The molecular weight excluding hydrogens is 282 g/mol. The fourth-order valence-electron chi connectivity index (χ4n) is 1.84. The summed E-state index contributed by atoms with van der Waals surface area (Å²) in [6, 6.07) is 11.1. The number of aliphatic hydroxyl groups is 1. The molecule has 1 unspecified atom stereocenters. The lowest BCUT2D eigenvalue weighted by molar-refractivity contribution is 0.0844. The van der Waals surface area contributed by atoms with Gasteiger partial charge in [0.25, 0.3) is 5.91 Å². The lowest BCUT2D eigenvalue weighted by atomic mass is 10.1. The minimum Gasteiger partial charge on any atom is -0.489 e. The van der Waals surface area contributed by atoms with E-state index in [0.717, 1.165) is 5.75 Å². The second-order valence-electron chi connectivity index (χ2n) is 5.40. The monoisotopic (exact) mass is 303 g/mol. The van der Waals surface area contributed by atoms with Crippen LogP contribution in [0.15, 0.2) is 47.1 Å². The van der Waals surface area contributed by atoms with Gasteiger partial charge in [0, 0.05) is 12.1 Å². The van der Waals surface area contributed by atoms with Crippen molar-refractivity contribution in [3.8, 4) is 5.75 Å². The minimum absolute atomic E-state index is 0.0813. The number of carbonyl (C=O) groups excluding carboxylic acids is 1. The second kappa shape index (κ2) is 7.66. The summed E-state index contributed by atoms with van der Waals surface area (Å²) in [5.41, 5.74) is 0.667. The van der Waals surface area contributed by atoms with Gasteiger partial charge in [0.2, 0.25) is 0 Å². The molecule has 0 aliphatic heterocycles. The number of nitrogens with one attached hydrogen (secondary N) is 1. The van der Waals surface area contributed by atoms with E-state index in [0.29, 0.717) is 5.56 Å². The molecule has 0 fully saturated rings. The number of amides is 1. The zero-order valence-electron chi connectivity index (χ0n) is 12.8. The fourth-order valence-corrected chi connectivity index (χ4v) is 1.84. The van der Waals surface area contributed by atoms with E-state index in [1.165, 1.54) is 6.26 Å². The van der Waals surface area contributed by atoms with Crippen LogP contribution < -0.4 is 10.1 Å². The molecule has 0 saturated carbocycles. The van der Waals surface area contributed by atoms with Crippen molar-refractivity contribution in [2.75, 3.05) is 6.54 Å². The van der Waals surface area contributed by atoms with Crippen LogP contribution in [0.4, 0.5) is 0 Å². The summed E-state index contributed by atoms with van der Waals surface area (Å²) in [7, 11) is 0. The Labute approximate surface area is 129 Å². The summed E-state index contributed by atoms with van der Waals surface area (Å²) in [6.07, 6.45) is 0.875. The smallest absolute Gasteiger partial charge is 0.287 e. The van der Waals surface area contributed by atoms with Crippen molar-refractivity contribution in [1.82, 2.24) is 5.32 Å². The highest BCUT2D eigenvalue weighted by Crippen LogP contribution is 2.15. The van der Waals surface area contributed by atoms with Crippen LogP contribution in [0.5, 0.6) is 5.75 Å². The van der Waals surface area contributed by atoms with E-state index in [1.807, 2.05) is 44.2 Å². The number of ether oxygens (including phenoxy) is 1. The van der Waals surface area contributed by atoms with Crippen LogP contribution in [-0.2, 0) is 6.61 Å². The van der Waals surface area contributed by atoms with Gasteiger partial charge in [0.1, 0.15) is 12.4 Å². The van der Waals surface area contributed by atoms with Gasteiger partial charge in [-0.3, -0.25) is 4.79 Å². The summed E-state index contributed by atoms with van der Waals surface area (Å²) in [6.45, 7) is 4.22. The molecule has 2 N–H and O–H groups in total. The fraction of sp³-hybridized carbons (Fsp3) is 0.353. The molecule has 0 aliphatic rings. The Morgan fingerprint density at radius 3 is 2.68 bits per heavy atom. The van der Waals surface area contributed by atoms with E-state index in [-0.39, 0.29) is 30.7 Å². The van der Waals surface area contributed by atoms with Crippen LogP contribution >= 0.6 is 0 Å².